The molecule has 1 aromatic carbocycles. The maximum atomic E-state index is 4.62. The van der Waals surface area contributed by atoms with Gasteiger partial charge in [-0.15, -0.1) is 0 Å². The Hall–Kier alpha value is -0.620. The number of hydrogen-bond acceptors (Lipinski definition) is 1. The molecule has 0 spiro atoms. The van der Waals surface area contributed by atoms with Gasteiger partial charge < -0.3 is 0 Å². The van der Waals surface area contributed by atoms with Gasteiger partial charge in [0.15, 0.2) is 0 Å². The van der Waals surface area contributed by atoms with E-state index in [0.717, 1.165) is 5.65 Å². The van der Waals surface area contributed by atoms with Crippen molar-refractivity contribution in [3.63, 3.8) is 0 Å². The Morgan fingerprint density at radius 3 is 2.52 bits per heavy atom. The van der Waals surface area contributed by atoms with Crippen LogP contribution in [0.4, 0.5) is 0 Å². The number of H-pyrrole nitrogens is 2. The van der Waals surface area contributed by atoms with Gasteiger partial charge in [0, 0.05) is 0 Å². The summed E-state index contributed by atoms with van der Waals surface area (Å²) in [6.45, 7) is 0. The van der Waals surface area contributed by atoms with Gasteiger partial charge in [-0.3, -0.25) is 0 Å². The summed E-state index contributed by atoms with van der Waals surface area (Å²) >= 11 is 1.97. The van der Waals surface area contributed by atoms with Gasteiger partial charge in [0.25, 0.3) is 0 Å². The average Bonchev–Trinajstić information content (AvgIpc) is 3.15. The third kappa shape index (κ3) is 3.73. The van der Waals surface area contributed by atoms with Crippen molar-refractivity contribution in [3.8, 4) is 0 Å². The molecular weight excluding hydrogens is 627 g/mol. The molecule has 3 aromatic heterocycles. The van der Waals surface area contributed by atoms with Gasteiger partial charge in [0.1, 0.15) is 0 Å². The molecule has 4 rings (SSSR count). The van der Waals surface area contributed by atoms with Crippen molar-refractivity contribution in [1.29, 1.82) is 0 Å². The summed E-state index contributed by atoms with van der Waals surface area (Å²) in [4.78, 5) is 11.2. The van der Waals surface area contributed by atoms with Crippen molar-refractivity contribution >= 4 is 33.6 Å². The first-order chi connectivity index (χ1) is 11.3. The number of rotatable bonds is 4. The fourth-order valence-electron chi connectivity index (χ4n) is 2.19. The molecule has 0 saturated heterocycles. The van der Waals surface area contributed by atoms with Crippen LogP contribution in [0.1, 0.15) is 0 Å². The Morgan fingerprint density at radius 1 is 0.870 bits per heavy atom. The van der Waals surface area contributed by atoms with Crippen LogP contribution in [0.2, 0.25) is 0 Å². The van der Waals surface area contributed by atoms with Gasteiger partial charge in [-0.1, -0.05) is 0 Å². The third-order valence-electron chi connectivity index (χ3n) is 3.22. The second-order valence-corrected chi connectivity index (χ2v) is 12.0. The van der Waals surface area contributed by atoms with E-state index in [9.17, 15) is 0 Å². The first-order valence-electron chi connectivity index (χ1n) is 6.94. The maximum absolute atomic E-state index is 4.62. The first kappa shape index (κ1) is 15.9. The molecule has 0 unspecified atom stereocenters. The SMILES string of the molecule is Ic1cc([I-]c2cnc3[nH]cc([I-]c4ccccc4)c3c2)c[nH]1. The number of benzene rings is 1. The molecular formula is C17H12I3N3-2. The molecule has 0 aliphatic heterocycles. The fraction of sp³-hybridized carbons (Fsp3) is 0. The first-order valence-corrected chi connectivity index (χ1v) is 12.3. The molecule has 0 saturated carbocycles. The van der Waals surface area contributed by atoms with Gasteiger partial charge in [-0.05, 0) is 0 Å². The molecule has 0 aliphatic carbocycles. The molecule has 0 atom stereocenters. The summed E-state index contributed by atoms with van der Waals surface area (Å²) in [5.74, 6) is 0. The summed E-state index contributed by atoms with van der Waals surface area (Å²) < 4.78 is 6.83. The number of halogens is 3. The van der Waals surface area contributed by atoms with Crippen LogP contribution in [0, 0.1) is 18.0 Å². The Labute approximate surface area is 168 Å². The minimum atomic E-state index is -0.180. The predicted molar refractivity (Wildman–Crippen MR) is 90.8 cm³/mol. The summed E-state index contributed by atoms with van der Waals surface area (Å²) in [6, 6.07) is 15.3. The molecule has 0 aliphatic rings. The fourth-order valence-corrected chi connectivity index (χ4v) is 7.98. The van der Waals surface area contributed by atoms with E-state index in [1.165, 1.54) is 23.4 Å². The minimum absolute atomic E-state index is 0.171. The normalized spacial score (nSPS) is 11.5. The summed E-state index contributed by atoms with van der Waals surface area (Å²) in [5, 5.41) is 1.30. The van der Waals surface area contributed by atoms with Crippen molar-refractivity contribution < 1.29 is 42.4 Å². The molecule has 23 heavy (non-hydrogen) atoms. The zero-order chi connectivity index (χ0) is 15.6. The second kappa shape index (κ2) is 7.09. The Kier molecular flexibility index (Phi) is 4.90. The average molecular weight is 639 g/mol. The molecule has 0 bridgehead atoms. The zero-order valence-corrected chi connectivity index (χ0v) is 18.3. The monoisotopic (exact) mass is 639 g/mol. The number of nitrogens with zero attached hydrogens (tertiary/aromatic N) is 1. The van der Waals surface area contributed by atoms with Crippen molar-refractivity contribution in [1.82, 2.24) is 15.0 Å². The number of pyridine rings is 1. The van der Waals surface area contributed by atoms with E-state index in [1.807, 2.05) is 6.20 Å². The van der Waals surface area contributed by atoms with Gasteiger partial charge >= 0.3 is 170 Å². The van der Waals surface area contributed by atoms with Crippen LogP contribution < -0.4 is 42.4 Å². The Bertz CT molecular complexity index is 944. The van der Waals surface area contributed by atoms with Gasteiger partial charge in [0.05, 0.1) is 0 Å². The Balaban J connectivity index is 1.65. The van der Waals surface area contributed by atoms with Crippen LogP contribution in [0.3, 0.4) is 0 Å². The van der Waals surface area contributed by atoms with E-state index in [2.05, 4.69) is 92.4 Å². The molecule has 6 heteroatoms. The van der Waals surface area contributed by atoms with E-state index >= 15 is 0 Å². The standard InChI is InChI=1S/C17H12I3N3/c18-16-7-13(8-21-16)19-12-6-14-15(10-23-17(14)22-9-12)20-11-4-2-1-3-5-11/h1-10,21H,(H,22,23)/q-2. The number of hydrogen-bond donors (Lipinski definition) is 2. The molecule has 0 fully saturated rings. The predicted octanol–water partition coefficient (Wildman–Crippen LogP) is -2.25. The van der Waals surface area contributed by atoms with E-state index in [4.69, 9.17) is 0 Å². The Morgan fingerprint density at radius 2 is 1.74 bits per heavy atom. The van der Waals surface area contributed by atoms with E-state index in [1.54, 1.807) is 0 Å². The van der Waals surface area contributed by atoms with Crippen LogP contribution in [-0.4, -0.2) is 15.0 Å². The third-order valence-corrected chi connectivity index (χ3v) is 9.12. The van der Waals surface area contributed by atoms with Crippen molar-refractivity contribution in [2.45, 2.75) is 0 Å². The van der Waals surface area contributed by atoms with Crippen molar-refractivity contribution in [2.75, 3.05) is 0 Å². The zero-order valence-electron chi connectivity index (χ0n) is 11.9. The van der Waals surface area contributed by atoms with Crippen molar-refractivity contribution in [2.24, 2.45) is 0 Å². The molecule has 118 valence electrons. The number of nitrogens with one attached hydrogen (secondary N) is 2. The molecule has 4 aromatic rings. The second-order valence-electron chi connectivity index (χ2n) is 4.84. The molecule has 0 radical (unpaired) electrons. The molecule has 3 nitrogen and oxygen atoms in total. The summed E-state index contributed by atoms with van der Waals surface area (Å²) in [6.07, 6.45) is 6.28. The number of aromatic amines is 2. The van der Waals surface area contributed by atoms with Crippen LogP contribution >= 0.6 is 22.6 Å². The summed E-state index contributed by atoms with van der Waals surface area (Å²) in [7, 11) is 0. The van der Waals surface area contributed by atoms with Crippen LogP contribution in [0.15, 0.2) is 61.1 Å². The molecule has 0 amide bonds. The number of fused-ring (bicyclic) bond motifs is 1. The summed E-state index contributed by atoms with van der Waals surface area (Å²) in [5.41, 5.74) is 1.01. The molecule has 2 N–H and O–H groups in total. The topological polar surface area (TPSA) is 44.5 Å². The van der Waals surface area contributed by atoms with E-state index < -0.39 is 0 Å². The van der Waals surface area contributed by atoms with Crippen molar-refractivity contribution in [3.05, 3.63) is 79.0 Å². The van der Waals surface area contributed by atoms with Crippen LogP contribution in [-0.2, 0) is 0 Å². The van der Waals surface area contributed by atoms with Crippen LogP contribution in [0.5, 0.6) is 0 Å². The number of aromatic nitrogens is 3. The van der Waals surface area contributed by atoms with E-state index in [-0.39, 0.29) is 42.4 Å². The van der Waals surface area contributed by atoms with Crippen LogP contribution in [0.25, 0.3) is 11.0 Å². The molecule has 3 heterocycles. The quantitative estimate of drug-likeness (QED) is 0.244. The van der Waals surface area contributed by atoms with Gasteiger partial charge in [-0.25, -0.2) is 0 Å². The van der Waals surface area contributed by atoms with E-state index in [0.29, 0.717) is 0 Å². The van der Waals surface area contributed by atoms with Gasteiger partial charge in [0.2, 0.25) is 0 Å². The van der Waals surface area contributed by atoms with Gasteiger partial charge in [-0.2, -0.15) is 0 Å².